The van der Waals surface area contributed by atoms with Gasteiger partial charge in [-0.2, -0.15) is 0 Å². The van der Waals surface area contributed by atoms with E-state index < -0.39 is 0 Å². The van der Waals surface area contributed by atoms with Crippen LogP contribution in [0.4, 0.5) is 5.69 Å². The fourth-order valence-corrected chi connectivity index (χ4v) is 4.53. The van der Waals surface area contributed by atoms with Crippen LogP contribution in [-0.2, 0) is 11.9 Å². The number of benzene rings is 3. The van der Waals surface area contributed by atoms with Crippen LogP contribution in [0.3, 0.4) is 0 Å². The summed E-state index contributed by atoms with van der Waals surface area (Å²) in [6, 6.07) is 22.0. The lowest BCUT2D eigenvalue weighted by Crippen LogP contribution is -2.30. The van der Waals surface area contributed by atoms with E-state index in [0.717, 1.165) is 43.2 Å². The van der Waals surface area contributed by atoms with Crippen LogP contribution in [0.25, 0.3) is 0 Å². The molecule has 0 unspecified atom stereocenters. The summed E-state index contributed by atoms with van der Waals surface area (Å²) in [5, 5.41) is 0.752. The highest BCUT2D eigenvalue weighted by Crippen LogP contribution is 2.42. The van der Waals surface area contributed by atoms with Crippen molar-refractivity contribution in [1.29, 1.82) is 0 Å². The number of ether oxygens (including phenoxy) is 1. The lowest BCUT2D eigenvalue weighted by Gasteiger charge is -2.24. The van der Waals surface area contributed by atoms with Crippen molar-refractivity contribution >= 4 is 39.3 Å². The van der Waals surface area contributed by atoms with Crippen molar-refractivity contribution in [3.8, 4) is 5.75 Å². The van der Waals surface area contributed by atoms with Gasteiger partial charge >= 0.3 is 0 Å². The maximum Gasteiger partial charge on any atom is 0.259 e. The first kappa shape index (κ1) is 18.1. The van der Waals surface area contributed by atoms with Crippen LogP contribution in [0.15, 0.2) is 76.5 Å². The second kappa shape index (κ2) is 7.79. The molecule has 0 aliphatic carbocycles. The minimum atomic E-state index is 0.0272. The van der Waals surface area contributed by atoms with E-state index in [1.807, 2.05) is 53.4 Å². The first-order valence-electron chi connectivity index (χ1n) is 8.60. The Labute approximate surface area is 171 Å². The van der Waals surface area contributed by atoms with Gasteiger partial charge in [0.1, 0.15) is 5.75 Å². The van der Waals surface area contributed by atoms with E-state index in [1.165, 1.54) is 0 Å². The first-order chi connectivity index (χ1) is 13.2. The van der Waals surface area contributed by atoms with Gasteiger partial charge in [-0.15, -0.1) is 0 Å². The summed E-state index contributed by atoms with van der Waals surface area (Å²) >= 11 is 5.18. The van der Waals surface area contributed by atoms with Gasteiger partial charge in [0.2, 0.25) is 0 Å². The maximum absolute atomic E-state index is 13.4. The van der Waals surface area contributed by atoms with Gasteiger partial charge in [0, 0.05) is 15.1 Å². The molecule has 0 radical (unpaired) electrons. The number of amides is 1. The van der Waals surface area contributed by atoms with Crippen LogP contribution >= 0.6 is 27.7 Å². The normalized spacial score (nSPS) is 13.0. The van der Waals surface area contributed by atoms with E-state index >= 15 is 0 Å². The molecule has 5 heteroatoms. The standard InChI is InChI=1S/C22H18BrNO2S/c1-26-17-9-6-15(7-10-17)14-24-19-12-16(13-23)8-11-21(19)27-20-5-3-2-4-18(20)22(24)25/h2-12H,13-14H2,1H3. The molecule has 0 spiro atoms. The van der Waals surface area contributed by atoms with Gasteiger partial charge < -0.3 is 9.64 Å². The average Bonchev–Trinajstić information content (AvgIpc) is 2.83. The van der Waals surface area contributed by atoms with Crippen molar-refractivity contribution < 1.29 is 9.53 Å². The van der Waals surface area contributed by atoms with Crippen LogP contribution in [0.1, 0.15) is 21.5 Å². The lowest BCUT2D eigenvalue weighted by molar-refractivity contribution is 0.0982. The smallest absolute Gasteiger partial charge is 0.259 e. The van der Waals surface area contributed by atoms with E-state index in [-0.39, 0.29) is 5.91 Å². The monoisotopic (exact) mass is 439 g/mol. The number of anilines is 1. The molecule has 3 aromatic carbocycles. The van der Waals surface area contributed by atoms with Crippen LogP contribution in [0.2, 0.25) is 0 Å². The fourth-order valence-electron chi connectivity index (χ4n) is 3.12. The predicted octanol–water partition coefficient (Wildman–Crippen LogP) is 5.90. The van der Waals surface area contributed by atoms with Gasteiger partial charge in [-0.1, -0.05) is 58.0 Å². The van der Waals surface area contributed by atoms with Gasteiger partial charge in [0.15, 0.2) is 0 Å². The molecular formula is C22H18BrNO2S. The fraction of sp³-hybridized carbons (Fsp3) is 0.136. The molecular weight excluding hydrogens is 422 g/mol. The predicted molar refractivity (Wildman–Crippen MR) is 113 cm³/mol. The van der Waals surface area contributed by atoms with Gasteiger partial charge in [-0.25, -0.2) is 0 Å². The summed E-state index contributed by atoms with van der Waals surface area (Å²) in [7, 11) is 1.65. The zero-order valence-electron chi connectivity index (χ0n) is 14.8. The number of alkyl halides is 1. The Kier molecular flexibility index (Phi) is 5.23. The number of methoxy groups -OCH3 is 1. The van der Waals surface area contributed by atoms with Crippen LogP contribution < -0.4 is 9.64 Å². The Morgan fingerprint density at radius 1 is 0.963 bits per heavy atom. The van der Waals surface area contributed by atoms with Crippen molar-refractivity contribution in [3.63, 3.8) is 0 Å². The van der Waals surface area contributed by atoms with Crippen LogP contribution in [-0.4, -0.2) is 13.0 Å². The van der Waals surface area contributed by atoms with Gasteiger partial charge in [-0.3, -0.25) is 4.79 Å². The maximum atomic E-state index is 13.4. The highest BCUT2D eigenvalue weighted by atomic mass is 79.9. The Bertz CT molecular complexity index is 988. The topological polar surface area (TPSA) is 29.5 Å². The van der Waals surface area contributed by atoms with Crippen molar-refractivity contribution in [2.75, 3.05) is 12.0 Å². The van der Waals surface area contributed by atoms with Gasteiger partial charge in [0.25, 0.3) is 5.91 Å². The Morgan fingerprint density at radius 2 is 1.70 bits per heavy atom. The molecule has 0 aromatic heterocycles. The van der Waals surface area contributed by atoms with E-state index in [4.69, 9.17) is 4.74 Å². The Hall–Kier alpha value is -2.24. The third-order valence-corrected chi connectivity index (χ3v) is 6.34. The molecule has 0 saturated heterocycles. The van der Waals surface area contributed by atoms with E-state index in [2.05, 4.69) is 34.1 Å². The number of hydrogen-bond acceptors (Lipinski definition) is 3. The van der Waals surface area contributed by atoms with Gasteiger partial charge in [0.05, 0.1) is 24.9 Å². The second-order valence-corrected chi connectivity index (χ2v) is 7.92. The number of carbonyl (C=O) groups excluding carboxylic acids is 1. The number of fused-ring (bicyclic) bond motifs is 2. The molecule has 0 fully saturated rings. The zero-order chi connectivity index (χ0) is 18.8. The molecule has 136 valence electrons. The summed E-state index contributed by atoms with van der Waals surface area (Å²) in [6.07, 6.45) is 0. The van der Waals surface area contributed by atoms with Crippen LogP contribution in [0, 0.1) is 0 Å². The molecule has 1 aliphatic heterocycles. The molecule has 1 amide bonds. The molecule has 3 aromatic rings. The van der Waals surface area contributed by atoms with Crippen molar-refractivity contribution in [1.82, 2.24) is 0 Å². The summed E-state index contributed by atoms with van der Waals surface area (Å²) in [6.45, 7) is 0.510. The molecule has 1 heterocycles. The Morgan fingerprint density at radius 3 is 2.44 bits per heavy atom. The quantitative estimate of drug-likeness (QED) is 0.473. The minimum absolute atomic E-state index is 0.0272. The van der Waals surface area contributed by atoms with E-state index in [1.54, 1.807) is 18.9 Å². The minimum Gasteiger partial charge on any atom is -0.497 e. The van der Waals surface area contributed by atoms with E-state index in [0.29, 0.717) is 6.54 Å². The third-order valence-electron chi connectivity index (χ3n) is 4.55. The molecule has 0 bridgehead atoms. The van der Waals surface area contributed by atoms with Crippen LogP contribution in [0.5, 0.6) is 5.75 Å². The third kappa shape index (κ3) is 3.62. The van der Waals surface area contributed by atoms with Crippen molar-refractivity contribution in [3.05, 3.63) is 83.4 Å². The lowest BCUT2D eigenvalue weighted by atomic mass is 10.1. The summed E-state index contributed by atoms with van der Waals surface area (Å²) in [5.74, 6) is 0.836. The highest BCUT2D eigenvalue weighted by Gasteiger charge is 2.27. The first-order valence-corrected chi connectivity index (χ1v) is 10.5. The molecule has 0 N–H and O–H groups in total. The summed E-state index contributed by atoms with van der Waals surface area (Å²) in [4.78, 5) is 17.4. The summed E-state index contributed by atoms with van der Waals surface area (Å²) < 4.78 is 5.24. The Balaban J connectivity index is 1.80. The number of nitrogens with zero attached hydrogens (tertiary/aromatic N) is 1. The largest absolute Gasteiger partial charge is 0.497 e. The SMILES string of the molecule is COc1ccc(CN2C(=O)c3ccccc3Sc3ccc(CBr)cc32)cc1. The van der Waals surface area contributed by atoms with Crippen molar-refractivity contribution in [2.45, 2.75) is 21.7 Å². The summed E-state index contributed by atoms with van der Waals surface area (Å²) in [5.41, 5.74) is 3.90. The zero-order valence-corrected chi connectivity index (χ0v) is 17.2. The molecule has 27 heavy (non-hydrogen) atoms. The molecule has 0 saturated carbocycles. The van der Waals surface area contributed by atoms with Gasteiger partial charge in [-0.05, 0) is 47.5 Å². The average molecular weight is 440 g/mol. The second-order valence-electron chi connectivity index (χ2n) is 6.27. The molecule has 3 nitrogen and oxygen atoms in total. The number of hydrogen-bond donors (Lipinski definition) is 0. The molecule has 4 rings (SSSR count). The number of carbonyl (C=O) groups is 1. The van der Waals surface area contributed by atoms with E-state index in [9.17, 15) is 4.79 Å². The highest BCUT2D eigenvalue weighted by molar-refractivity contribution is 9.08. The number of halogens is 1. The van der Waals surface area contributed by atoms with Crippen molar-refractivity contribution in [2.24, 2.45) is 0 Å². The molecule has 0 atom stereocenters. The molecule has 1 aliphatic rings. The number of rotatable bonds is 4.